The van der Waals surface area contributed by atoms with Crippen molar-refractivity contribution >= 4 is 46.5 Å². The van der Waals surface area contributed by atoms with E-state index in [9.17, 15) is 19.8 Å². The molecule has 1 saturated heterocycles. The van der Waals surface area contributed by atoms with Crippen molar-refractivity contribution in [1.29, 1.82) is 0 Å². The summed E-state index contributed by atoms with van der Waals surface area (Å²) < 4.78 is 0. The van der Waals surface area contributed by atoms with E-state index in [1.54, 1.807) is 16.7 Å². The highest BCUT2D eigenvalue weighted by Gasteiger charge is 2.41. The SMILES string of the molecule is O=C(NCc1cc(Cc2ccccc2Cl)cs1)[C@H](O)[C@@H](O)C(=O)N1CCC[C@@H]1C1NC=CS1. The summed E-state index contributed by atoms with van der Waals surface area (Å²) in [7, 11) is 0. The second-order valence-corrected chi connectivity index (χ2v) is 10.5. The molecule has 0 radical (unpaired) electrons. The molecule has 2 aromatic rings. The summed E-state index contributed by atoms with van der Waals surface area (Å²) in [6.45, 7) is 0.696. The van der Waals surface area contributed by atoms with Crippen LogP contribution in [0.5, 0.6) is 0 Å². The molecule has 0 spiro atoms. The van der Waals surface area contributed by atoms with Gasteiger partial charge in [0.15, 0.2) is 12.2 Å². The van der Waals surface area contributed by atoms with Crippen molar-refractivity contribution in [1.82, 2.24) is 15.5 Å². The van der Waals surface area contributed by atoms with E-state index in [-0.39, 0.29) is 18.0 Å². The summed E-state index contributed by atoms with van der Waals surface area (Å²) in [5.41, 5.74) is 2.09. The smallest absolute Gasteiger partial charge is 0.255 e. The lowest BCUT2D eigenvalue weighted by Crippen LogP contribution is -2.54. The maximum Gasteiger partial charge on any atom is 0.255 e. The Morgan fingerprint density at radius 3 is 2.85 bits per heavy atom. The summed E-state index contributed by atoms with van der Waals surface area (Å²) >= 11 is 9.29. The molecule has 0 saturated carbocycles. The molecule has 4 rings (SSSR count). The van der Waals surface area contributed by atoms with Crippen LogP contribution in [-0.2, 0) is 22.6 Å². The standard InChI is InChI=1S/C23H26ClN3O4S2/c24-17-5-2-1-4-15(17)10-14-11-16(33-13-14)12-26-21(30)19(28)20(29)23(31)27-8-3-6-18(27)22-25-7-9-32-22/h1-2,4-5,7,9,11,13,18-20,22,25,28-29H,3,6,8,10,12H2,(H,26,30)/t18-,19-,20-,22?/m1/s1. The summed E-state index contributed by atoms with van der Waals surface area (Å²) in [5.74, 6) is -1.39. The summed E-state index contributed by atoms with van der Waals surface area (Å²) in [6.07, 6.45) is 0.508. The van der Waals surface area contributed by atoms with Gasteiger partial charge >= 0.3 is 0 Å². The number of thioether (sulfide) groups is 1. The van der Waals surface area contributed by atoms with E-state index < -0.39 is 24.0 Å². The van der Waals surface area contributed by atoms with Crippen molar-refractivity contribution in [3.8, 4) is 0 Å². The van der Waals surface area contributed by atoms with Crippen LogP contribution in [0, 0.1) is 0 Å². The van der Waals surface area contributed by atoms with E-state index in [1.165, 1.54) is 11.3 Å². The van der Waals surface area contributed by atoms with Crippen LogP contribution in [0.15, 0.2) is 47.3 Å². The molecule has 2 aliphatic rings. The third kappa shape index (κ3) is 5.73. The molecule has 2 aliphatic heterocycles. The fourth-order valence-corrected chi connectivity index (χ4v) is 6.06. The number of nitrogens with one attached hydrogen (secondary N) is 2. The molecule has 1 aromatic carbocycles. The average Bonchev–Trinajstić information content (AvgIpc) is 3.59. The first-order valence-corrected chi connectivity index (χ1v) is 12.9. The number of carbonyl (C=O) groups is 2. The maximum atomic E-state index is 12.8. The summed E-state index contributed by atoms with van der Waals surface area (Å²) in [5, 5.41) is 31.2. The van der Waals surface area contributed by atoms with Crippen LogP contribution in [0.3, 0.4) is 0 Å². The van der Waals surface area contributed by atoms with Crippen LogP contribution >= 0.6 is 34.7 Å². The number of thiophene rings is 1. The lowest BCUT2D eigenvalue weighted by atomic mass is 10.1. The normalized spacial score (nSPS) is 21.6. The fourth-order valence-electron chi connectivity index (χ4n) is 4.08. The number of hydrogen-bond donors (Lipinski definition) is 4. The molecule has 4 N–H and O–H groups in total. The van der Waals surface area contributed by atoms with Gasteiger partial charge in [-0.2, -0.15) is 0 Å². The van der Waals surface area contributed by atoms with E-state index in [1.807, 2.05) is 47.3 Å². The molecule has 0 bridgehead atoms. The first-order valence-electron chi connectivity index (χ1n) is 10.7. The molecule has 3 heterocycles. The highest BCUT2D eigenvalue weighted by Crippen LogP contribution is 2.30. The van der Waals surface area contributed by atoms with Gasteiger partial charge in [0.2, 0.25) is 0 Å². The number of likely N-dealkylation sites (tertiary alicyclic amines) is 1. The molecular formula is C23H26ClN3O4S2. The van der Waals surface area contributed by atoms with Gasteiger partial charge in [0.05, 0.1) is 18.0 Å². The zero-order valence-corrected chi connectivity index (χ0v) is 20.2. The van der Waals surface area contributed by atoms with E-state index >= 15 is 0 Å². The van der Waals surface area contributed by atoms with Gasteiger partial charge in [-0.3, -0.25) is 9.59 Å². The number of halogens is 1. The third-order valence-electron chi connectivity index (χ3n) is 5.80. The van der Waals surface area contributed by atoms with Crippen molar-refractivity contribution in [2.24, 2.45) is 0 Å². The number of aliphatic hydroxyl groups is 2. The number of carbonyl (C=O) groups excluding carboxylic acids is 2. The number of rotatable bonds is 8. The van der Waals surface area contributed by atoms with Crippen molar-refractivity contribution in [2.45, 2.75) is 49.4 Å². The quantitative estimate of drug-likeness (QED) is 0.438. The lowest BCUT2D eigenvalue weighted by Gasteiger charge is -2.31. The summed E-state index contributed by atoms with van der Waals surface area (Å²) in [6, 6.07) is 9.52. The third-order valence-corrected chi connectivity index (χ3v) is 8.19. The predicted octanol–water partition coefficient (Wildman–Crippen LogP) is 2.45. The van der Waals surface area contributed by atoms with Crippen molar-refractivity contribution in [3.63, 3.8) is 0 Å². The van der Waals surface area contributed by atoms with Gasteiger partial charge in [0.25, 0.3) is 11.8 Å². The van der Waals surface area contributed by atoms with Gasteiger partial charge in [-0.15, -0.1) is 23.1 Å². The molecule has 10 heteroatoms. The van der Waals surface area contributed by atoms with Crippen LogP contribution in [0.2, 0.25) is 5.02 Å². The number of aliphatic hydroxyl groups excluding tert-OH is 2. The molecule has 1 aromatic heterocycles. The molecule has 1 fully saturated rings. The van der Waals surface area contributed by atoms with Gasteiger partial charge in [-0.05, 0) is 53.3 Å². The fraction of sp³-hybridized carbons (Fsp3) is 0.391. The molecular weight excluding hydrogens is 482 g/mol. The Hall–Kier alpha value is -2.04. The average molecular weight is 508 g/mol. The first kappa shape index (κ1) is 24.1. The van der Waals surface area contributed by atoms with E-state index in [0.29, 0.717) is 18.0 Å². The number of nitrogens with zero attached hydrogens (tertiary/aromatic N) is 1. The Morgan fingerprint density at radius 2 is 2.09 bits per heavy atom. The molecule has 7 nitrogen and oxygen atoms in total. The van der Waals surface area contributed by atoms with Crippen LogP contribution in [-0.4, -0.2) is 57.1 Å². The monoisotopic (exact) mass is 507 g/mol. The van der Waals surface area contributed by atoms with Crippen LogP contribution in [0.4, 0.5) is 0 Å². The van der Waals surface area contributed by atoms with Gasteiger partial charge in [0, 0.05) is 22.6 Å². The Labute approximate surface area is 205 Å². The Kier molecular flexibility index (Phi) is 7.98. The number of benzene rings is 1. The van der Waals surface area contributed by atoms with Crippen LogP contribution in [0.25, 0.3) is 0 Å². The molecule has 2 amide bonds. The van der Waals surface area contributed by atoms with E-state index in [2.05, 4.69) is 10.6 Å². The predicted molar refractivity (Wildman–Crippen MR) is 131 cm³/mol. The molecule has 4 atom stereocenters. The highest BCUT2D eigenvalue weighted by molar-refractivity contribution is 8.03. The maximum absolute atomic E-state index is 12.8. The second-order valence-electron chi connectivity index (χ2n) is 8.06. The zero-order valence-electron chi connectivity index (χ0n) is 17.8. The van der Waals surface area contributed by atoms with Gasteiger partial charge in [0.1, 0.15) is 0 Å². The zero-order chi connectivity index (χ0) is 23.4. The summed E-state index contributed by atoms with van der Waals surface area (Å²) in [4.78, 5) is 27.7. The topological polar surface area (TPSA) is 102 Å². The largest absolute Gasteiger partial charge is 0.380 e. The number of amides is 2. The lowest BCUT2D eigenvalue weighted by molar-refractivity contribution is -0.153. The van der Waals surface area contributed by atoms with Gasteiger partial charge in [-0.1, -0.05) is 29.8 Å². The van der Waals surface area contributed by atoms with Crippen molar-refractivity contribution in [3.05, 3.63) is 68.3 Å². The Bertz CT molecular complexity index is 1020. The Balaban J connectivity index is 1.29. The molecule has 0 aliphatic carbocycles. The van der Waals surface area contributed by atoms with Crippen LogP contribution < -0.4 is 10.6 Å². The van der Waals surface area contributed by atoms with Crippen molar-refractivity contribution < 1.29 is 19.8 Å². The molecule has 1 unspecified atom stereocenters. The van der Waals surface area contributed by atoms with Crippen LogP contribution in [0.1, 0.15) is 28.8 Å². The van der Waals surface area contributed by atoms with Gasteiger partial charge in [-0.25, -0.2) is 0 Å². The number of hydrogen-bond acceptors (Lipinski definition) is 7. The second kappa shape index (κ2) is 10.9. The molecule has 33 heavy (non-hydrogen) atoms. The minimum absolute atomic E-state index is 0.0217. The van der Waals surface area contributed by atoms with Crippen molar-refractivity contribution in [2.75, 3.05) is 6.54 Å². The minimum Gasteiger partial charge on any atom is -0.380 e. The Morgan fingerprint density at radius 1 is 1.27 bits per heavy atom. The van der Waals surface area contributed by atoms with Gasteiger partial charge < -0.3 is 25.7 Å². The van der Waals surface area contributed by atoms with E-state index in [4.69, 9.17) is 11.6 Å². The first-order chi connectivity index (χ1) is 15.9. The molecule has 176 valence electrons. The van der Waals surface area contributed by atoms with E-state index in [0.717, 1.165) is 28.8 Å². The highest BCUT2D eigenvalue weighted by atomic mass is 35.5. The minimum atomic E-state index is -1.83.